The Morgan fingerprint density at radius 2 is 1.65 bits per heavy atom. The average Bonchev–Trinajstić information content (AvgIpc) is 3.24. The van der Waals surface area contributed by atoms with Crippen LogP contribution in [0.2, 0.25) is 0 Å². The normalized spacial score (nSPS) is 11.1. The summed E-state index contributed by atoms with van der Waals surface area (Å²) in [5.74, 6) is -0.423. The van der Waals surface area contributed by atoms with Crippen molar-refractivity contribution in [1.82, 2.24) is 14.7 Å². The summed E-state index contributed by atoms with van der Waals surface area (Å²) in [5, 5.41) is 7.44. The van der Waals surface area contributed by atoms with Gasteiger partial charge >= 0.3 is 6.61 Å². The lowest BCUT2D eigenvalue weighted by molar-refractivity contribution is -0.117. The van der Waals surface area contributed by atoms with Crippen LogP contribution in [0.3, 0.4) is 0 Å². The molecule has 1 N–H and O–H groups in total. The van der Waals surface area contributed by atoms with Crippen molar-refractivity contribution in [2.45, 2.75) is 13.2 Å². The van der Waals surface area contributed by atoms with Crippen LogP contribution in [0, 0.1) is 0 Å². The Morgan fingerprint density at radius 1 is 1.00 bits per heavy atom. The number of rotatable bonds is 9. The first-order valence-corrected chi connectivity index (χ1v) is 10.7. The number of anilines is 1. The second-order valence-corrected chi connectivity index (χ2v) is 7.74. The van der Waals surface area contributed by atoms with Gasteiger partial charge in [-0.2, -0.15) is 13.9 Å². The quantitative estimate of drug-likeness (QED) is 0.371. The lowest BCUT2D eigenvalue weighted by Crippen LogP contribution is -2.30. The largest absolute Gasteiger partial charge is 0.433 e. The second kappa shape index (κ2) is 10.7. The van der Waals surface area contributed by atoms with Gasteiger partial charge in [0.1, 0.15) is 5.75 Å². The molecule has 0 aliphatic rings. The van der Waals surface area contributed by atoms with Gasteiger partial charge in [0.25, 0.3) is 0 Å². The van der Waals surface area contributed by atoms with Crippen LogP contribution in [-0.2, 0) is 11.3 Å². The predicted molar refractivity (Wildman–Crippen MR) is 127 cm³/mol. The standard InChI is InChI=1S/C26H24F2N4O2/c1-31(18-24(33)29-22-14-8-9-15-23(22)34-26(27)28)16-20-17-32(21-12-6-3-7-13-21)30-25(20)19-10-4-2-5-11-19/h2-15,17,26H,16,18H2,1H3,(H,29,33). The number of carbonyl (C=O) groups excluding carboxylic acids is 1. The number of halogens is 2. The Balaban J connectivity index is 1.50. The van der Waals surface area contributed by atoms with Crippen LogP contribution < -0.4 is 10.1 Å². The van der Waals surface area contributed by atoms with E-state index >= 15 is 0 Å². The third kappa shape index (κ3) is 5.85. The Morgan fingerprint density at radius 3 is 2.35 bits per heavy atom. The summed E-state index contributed by atoms with van der Waals surface area (Å²) >= 11 is 0. The molecule has 1 heterocycles. The number of hydrogen-bond acceptors (Lipinski definition) is 4. The number of aromatic nitrogens is 2. The Hall–Kier alpha value is -4.04. The lowest BCUT2D eigenvalue weighted by Gasteiger charge is -2.17. The van der Waals surface area contributed by atoms with Crippen molar-refractivity contribution in [3.05, 3.63) is 96.7 Å². The maximum atomic E-state index is 12.6. The van der Waals surface area contributed by atoms with E-state index in [0.29, 0.717) is 6.54 Å². The number of carbonyl (C=O) groups is 1. The first-order chi connectivity index (χ1) is 16.5. The van der Waals surface area contributed by atoms with E-state index in [4.69, 9.17) is 5.10 Å². The van der Waals surface area contributed by atoms with Gasteiger partial charge < -0.3 is 10.1 Å². The molecule has 174 valence electrons. The van der Waals surface area contributed by atoms with E-state index in [1.165, 1.54) is 12.1 Å². The first kappa shape index (κ1) is 23.1. The molecule has 1 aromatic heterocycles. The van der Waals surface area contributed by atoms with Crippen LogP contribution in [0.4, 0.5) is 14.5 Å². The fourth-order valence-corrected chi connectivity index (χ4v) is 3.63. The van der Waals surface area contributed by atoms with Gasteiger partial charge in [-0.25, -0.2) is 4.68 Å². The fraction of sp³-hybridized carbons (Fsp3) is 0.154. The molecule has 6 nitrogen and oxygen atoms in total. The van der Waals surface area contributed by atoms with Crippen LogP contribution in [0.15, 0.2) is 91.1 Å². The highest BCUT2D eigenvalue weighted by molar-refractivity contribution is 5.93. The van der Waals surface area contributed by atoms with Crippen molar-refractivity contribution in [2.75, 3.05) is 18.9 Å². The summed E-state index contributed by atoms with van der Waals surface area (Å²) in [7, 11) is 1.82. The highest BCUT2D eigenvalue weighted by Gasteiger charge is 2.17. The molecule has 3 aromatic carbocycles. The van der Waals surface area contributed by atoms with Crippen LogP contribution in [0.1, 0.15) is 5.56 Å². The van der Waals surface area contributed by atoms with Crippen LogP contribution in [0.25, 0.3) is 16.9 Å². The minimum Gasteiger partial charge on any atom is -0.433 e. The molecule has 0 aliphatic heterocycles. The SMILES string of the molecule is CN(CC(=O)Nc1ccccc1OC(F)F)Cc1cn(-c2ccccc2)nc1-c1ccccc1. The number of para-hydroxylation sites is 3. The van der Waals surface area contributed by atoms with Gasteiger partial charge in [0.15, 0.2) is 0 Å². The molecule has 0 saturated carbocycles. The molecule has 0 radical (unpaired) electrons. The maximum absolute atomic E-state index is 12.6. The topological polar surface area (TPSA) is 59.4 Å². The van der Waals surface area contributed by atoms with E-state index in [1.807, 2.05) is 83.5 Å². The van der Waals surface area contributed by atoms with E-state index in [-0.39, 0.29) is 23.9 Å². The molecule has 0 bridgehead atoms. The van der Waals surface area contributed by atoms with E-state index < -0.39 is 6.61 Å². The third-order valence-corrected chi connectivity index (χ3v) is 5.09. The zero-order chi connectivity index (χ0) is 23.9. The molecule has 8 heteroatoms. The minimum atomic E-state index is -2.97. The van der Waals surface area contributed by atoms with Gasteiger partial charge in [0.2, 0.25) is 5.91 Å². The van der Waals surface area contributed by atoms with Gasteiger partial charge in [0.05, 0.1) is 23.6 Å². The molecular weight excluding hydrogens is 438 g/mol. The zero-order valence-corrected chi connectivity index (χ0v) is 18.6. The van der Waals surface area contributed by atoms with Crippen LogP contribution in [0.5, 0.6) is 5.75 Å². The van der Waals surface area contributed by atoms with E-state index in [1.54, 1.807) is 12.1 Å². The van der Waals surface area contributed by atoms with Crippen molar-refractivity contribution < 1.29 is 18.3 Å². The third-order valence-electron chi connectivity index (χ3n) is 5.09. The molecule has 0 saturated heterocycles. The molecule has 0 atom stereocenters. The lowest BCUT2D eigenvalue weighted by atomic mass is 10.1. The van der Waals surface area contributed by atoms with Crippen molar-refractivity contribution in [2.24, 2.45) is 0 Å². The highest BCUT2D eigenvalue weighted by Crippen LogP contribution is 2.26. The number of nitrogens with zero attached hydrogens (tertiary/aromatic N) is 3. The Kier molecular flexibility index (Phi) is 7.29. The fourth-order valence-electron chi connectivity index (χ4n) is 3.63. The molecule has 34 heavy (non-hydrogen) atoms. The Labute approximate surface area is 196 Å². The molecule has 0 fully saturated rings. The molecule has 4 aromatic rings. The number of ether oxygens (including phenoxy) is 1. The minimum absolute atomic E-state index is 0.0494. The average molecular weight is 463 g/mol. The molecule has 1 amide bonds. The highest BCUT2D eigenvalue weighted by atomic mass is 19.3. The van der Waals surface area contributed by atoms with Crippen molar-refractivity contribution in [3.63, 3.8) is 0 Å². The van der Waals surface area contributed by atoms with E-state index in [9.17, 15) is 13.6 Å². The Bertz CT molecular complexity index is 1230. The van der Waals surface area contributed by atoms with Gasteiger partial charge in [-0.15, -0.1) is 0 Å². The molecule has 0 aliphatic carbocycles. The first-order valence-electron chi connectivity index (χ1n) is 10.7. The van der Waals surface area contributed by atoms with Crippen LogP contribution >= 0.6 is 0 Å². The summed E-state index contributed by atoms with van der Waals surface area (Å²) in [6, 6.07) is 25.7. The number of hydrogen-bond donors (Lipinski definition) is 1. The van der Waals surface area contributed by atoms with Crippen LogP contribution in [-0.4, -0.2) is 40.8 Å². The number of nitrogens with one attached hydrogen (secondary N) is 1. The van der Waals surface area contributed by atoms with Gasteiger partial charge in [0, 0.05) is 23.9 Å². The summed E-state index contributed by atoms with van der Waals surface area (Å²) in [4.78, 5) is 14.5. The molecule has 0 unspecified atom stereocenters. The molecular formula is C26H24F2N4O2. The summed E-state index contributed by atoms with van der Waals surface area (Å²) in [6.45, 7) is -2.47. The molecule has 4 rings (SSSR count). The predicted octanol–water partition coefficient (Wildman–Crippen LogP) is 5.21. The summed E-state index contributed by atoms with van der Waals surface area (Å²) in [5.41, 5.74) is 3.88. The molecule has 0 spiro atoms. The summed E-state index contributed by atoms with van der Waals surface area (Å²) < 4.78 is 31.6. The zero-order valence-electron chi connectivity index (χ0n) is 18.6. The maximum Gasteiger partial charge on any atom is 0.387 e. The monoisotopic (exact) mass is 462 g/mol. The number of benzene rings is 3. The second-order valence-electron chi connectivity index (χ2n) is 7.74. The van der Waals surface area contributed by atoms with Crippen molar-refractivity contribution in [3.8, 4) is 22.7 Å². The van der Waals surface area contributed by atoms with Crippen molar-refractivity contribution in [1.29, 1.82) is 0 Å². The number of amides is 1. The van der Waals surface area contributed by atoms with Gasteiger partial charge in [-0.05, 0) is 31.3 Å². The van der Waals surface area contributed by atoms with Gasteiger partial charge in [-0.1, -0.05) is 60.7 Å². The summed E-state index contributed by atoms with van der Waals surface area (Å²) in [6.07, 6.45) is 1.96. The van der Waals surface area contributed by atoms with E-state index in [2.05, 4.69) is 10.1 Å². The van der Waals surface area contributed by atoms with E-state index in [0.717, 1.165) is 22.5 Å². The number of alkyl halides is 2. The smallest absolute Gasteiger partial charge is 0.387 e. The van der Waals surface area contributed by atoms with Gasteiger partial charge in [-0.3, -0.25) is 9.69 Å². The van der Waals surface area contributed by atoms with Crippen molar-refractivity contribution >= 4 is 11.6 Å². The number of likely N-dealkylation sites (N-methyl/N-ethyl adjacent to an activating group) is 1.